The number of nitrogens with one attached hydrogen (secondary N) is 1. The van der Waals surface area contributed by atoms with Crippen LogP contribution in [0, 0.1) is 12.8 Å². The van der Waals surface area contributed by atoms with Gasteiger partial charge in [-0.25, -0.2) is 4.98 Å². The smallest absolute Gasteiger partial charge is 0.126 e. The van der Waals surface area contributed by atoms with Crippen molar-refractivity contribution >= 4 is 21.7 Å². The molecule has 1 saturated carbocycles. The highest BCUT2D eigenvalue weighted by atomic mass is 79.9. The Kier molecular flexibility index (Phi) is 3.29. The average molecular weight is 269 g/mol. The van der Waals surface area contributed by atoms with Crippen LogP contribution in [-0.2, 0) is 0 Å². The van der Waals surface area contributed by atoms with Crippen molar-refractivity contribution in [2.24, 2.45) is 5.92 Å². The number of halogens is 1. The van der Waals surface area contributed by atoms with Crippen LogP contribution in [0.2, 0.25) is 0 Å². The monoisotopic (exact) mass is 268 g/mol. The standard InChI is InChI=1S/C12H17BrN2/c1-8-3-4-10(7-8)15-12-6-5-11(13)9(2)14-12/h5-6,8,10H,3-4,7H2,1-2H3,(H,14,15). The summed E-state index contributed by atoms with van der Waals surface area (Å²) in [6.45, 7) is 4.34. The van der Waals surface area contributed by atoms with Crippen LogP contribution in [0.1, 0.15) is 31.9 Å². The molecule has 1 aliphatic rings. The third kappa shape index (κ3) is 2.71. The van der Waals surface area contributed by atoms with E-state index in [4.69, 9.17) is 0 Å². The van der Waals surface area contributed by atoms with Gasteiger partial charge in [-0.3, -0.25) is 0 Å². The predicted molar refractivity (Wildman–Crippen MR) is 67.1 cm³/mol. The number of aryl methyl sites for hydroxylation is 1. The van der Waals surface area contributed by atoms with Crippen molar-refractivity contribution in [2.45, 2.75) is 39.2 Å². The van der Waals surface area contributed by atoms with Gasteiger partial charge in [-0.2, -0.15) is 0 Å². The third-order valence-corrected chi connectivity index (χ3v) is 3.91. The number of aromatic nitrogens is 1. The summed E-state index contributed by atoms with van der Waals surface area (Å²) >= 11 is 3.46. The molecule has 0 aliphatic heterocycles. The lowest BCUT2D eigenvalue weighted by Crippen LogP contribution is -2.16. The fraction of sp³-hybridized carbons (Fsp3) is 0.583. The van der Waals surface area contributed by atoms with Crippen molar-refractivity contribution in [3.05, 3.63) is 22.3 Å². The van der Waals surface area contributed by atoms with Crippen LogP contribution in [0.15, 0.2) is 16.6 Å². The topological polar surface area (TPSA) is 24.9 Å². The van der Waals surface area contributed by atoms with Gasteiger partial charge >= 0.3 is 0 Å². The predicted octanol–water partition coefficient (Wildman–Crippen LogP) is 3.75. The fourth-order valence-electron chi connectivity index (χ4n) is 2.17. The highest BCUT2D eigenvalue weighted by molar-refractivity contribution is 9.10. The van der Waals surface area contributed by atoms with Crippen LogP contribution < -0.4 is 5.32 Å². The molecule has 0 radical (unpaired) electrons. The first-order chi connectivity index (χ1) is 7.15. The maximum Gasteiger partial charge on any atom is 0.126 e. The maximum atomic E-state index is 4.50. The highest BCUT2D eigenvalue weighted by Gasteiger charge is 2.21. The molecule has 0 amide bonds. The molecule has 2 unspecified atom stereocenters. The average Bonchev–Trinajstić information content (AvgIpc) is 2.58. The zero-order chi connectivity index (χ0) is 10.8. The molecule has 3 heteroatoms. The number of pyridine rings is 1. The van der Waals surface area contributed by atoms with Gasteiger partial charge in [0.1, 0.15) is 5.82 Å². The SMILES string of the molecule is Cc1nc(NC2CCC(C)C2)ccc1Br. The molecule has 2 rings (SSSR count). The van der Waals surface area contributed by atoms with E-state index in [1.165, 1.54) is 19.3 Å². The first-order valence-electron chi connectivity index (χ1n) is 5.55. The molecule has 0 bridgehead atoms. The third-order valence-electron chi connectivity index (χ3n) is 3.07. The van der Waals surface area contributed by atoms with Crippen molar-refractivity contribution in [3.8, 4) is 0 Å². The van der Waals surface area contributed by atoms with Crippen LogP contribution in [0.5, 0.6) is 0 Å². The lowest BCUT2D eigenvalue weighted by molar-refractivity contribution is 0.602. The Bertz CT molecular complexity index is 351. The van der Waals surface area contributed by atoms with Crippen molar-refractivity contribution in [3.63, 3.8) is 0 Å². The molecule has 1 N–H and O–H groups in total. The van der Waals surface area contributed by atoms with Crippen molar-refractivity contribution < 1.29 is 0 Å². The lowest BCUT2D eigenvalue weighted by atomic mass is 10.1. The van der Waals surface area contributed by atoms with Crippen molar-refractivity contribution in [1.82, 2.24) is 4.98 Å². The number of nitrogens with zero attached hydrogens (tertiary/aromatic N) is 1. The summed E-state index contributed by atoms with van der Waals surface area (Å²) in [5.41, 5.74) is 1.05. The minimum absolute atomic E-state index is 0.619. The van der Waals surface area contributed by atoms with E-state index in [-0.39, 0.29) is 0 Å². The first-order valence-corrected chi connectivity index (χ1v) is 6.34. The molecule has 1 fully saturated rings. The van der Waals surface area contributed by atoms with Gasteiger partial charge in [0.2, 0.25) is 0 Å². The molecule has 0 aromatic carbocycles. The number of rotatable bonds is 2. The van der Waals surface area contributed by atoms with Gasteiger partial charge in [-0.15, -0.1) is 0 Å². The molecular formula is C12H17BrN2. The van der Waals surface area contributed by atoms with E-state index in [9.17, 15) is 0 Å². The highest BCUT2D eigenvalue weighted by Crippen LogP contribution is 2.27. The largest absolute Gasteiger partial charge is 0.367 e. The zero-order valence-electron chi connectivity index (χ0n) is 9.26. The normalized spacial score (nSPS) is 25.5. The van der Waals surface area contributed by atoms with Crippen LogP contribution in [0.4, 0.5) is 5.82 Å². The Morgan fingerprint density at radius 2 is 2.20 bits per heavy atom. The molecule has 2 nitrogen and oxygen atoms in total. The van der Waals surface area contributed by atoms with Crippen LogP contribution in [0.25, 0.3) is 0 Å². The number of hydrogen-bond acceptors (Lipinski definition) is 2. The fourth-order valence-corrected chi connectivity index (χ4v) is 2.39. The van der Waals surface area contributed by atoms with Crippen molar-refractivity contribution in [2.75, 3.05) is 5.32 Å². The summed E-state index contributed by atoms with van der Waals surface area (Å²) in [7, 11) is 0. The molecule has 82 valence electrons. The van der Waals surface area contributed by atoms with Gasteiger partial charge < -0.3 is 5.32 Å². The molecule has 15 heavy (non-hydrogen) atoms. The van der Waals surface area contributed by atoms with Crippen LogP contribution >= 0.6 is 15.9 Å². The van der Waals surface area contributed by atoms with Gasteiger partial charge in [0.05, 0.1) is 5.69 Å². The van der Waals surface area contributed by atoms with E-state index in [2.05, 4.69) is 39.2 Å². The molecule has 0 saturated heterocycles. The van der Waals surface area contributed by atoms with Gasteiger partial charge in [0, 0.05) is 10.5 Å². The molecule has 2 atom stereocenters. The second-order valence-electron chi connectivity index (χ2n) is 4.52. The van der Waals surface area contributed by atoms with Crippen LogP contribution in [-0.4, -0.2) is 11.0 Å². The molecule has 0 spiro atoms. The minimum atomic E-state index is 0.619. The second kappa shape index (κ2) is 4.52. The van der Waals surface area contributed by atoms with Crippen molar-refractivity contribution in [1.29, 1.82) is 0 Å². The van der Waals surface area contributed by atoms with E-state index in [1.807, 2.05) is 13.0 Å². The Hall–Kier alpha value is -0.570. The molecule has 1 heterocycles. The molecule has 1 aliphatic carbocycles. The van der Waals surface area contributed by atoms with E-state index >= 15 is 0 Å². The maximum absolute atomic E-state index is 4.50. The van der Waals surface area contributed by atoms with E-state index < -0.39 is 0 Å². The summed E-state index contributed by atoms with van der Waals surface area (Å²) in [5.74, 6) is 1.87. The summed E-state index contributed by atoms with van der Waals surface area (Å²) in [4.78, 5) is 4.50. The first kappa shape index (κ1) is 10.9. The minimum Gasteiger partial charge on any atom is -0.367 e. The Balaban J connectivity index is 2.02. The zero-order valence-corrected chi connectivity index (χ0v) is 10.8. The Morgan fingerprint density at radius 1 is 1.40 bits per heavy atom. The summed E-state index contributed by atoms with van der Waals surface area (Å²) < 4.78 is 1.08. The summed E-state index contributed by atoms with van der Waals surface area (Å²) in [5, 5.41) is 3.51. The summed E-state index contributed by atoms with van der Waals surface area (Å²) in [6, 6.07) is 4.72. The van der Waals surface area contributed by atoms with E-state index in [1.54, 1.807) is 0 Å². The molecular weight excluding hydrogens is 252 g/mol. The quantitative estimate of drug-likeness (QED) is 0.884. The van der Waals surface area contributed by atoms with E-state index in [0.29, 0.717) is 6.04 Å². The number of anilines is 1. The second-order valence-corrected chi connectivity index (χ2v) is 5.38. The van der Waals surface area contributed by atoms with Gasteiger partial charge in [-0.1, -0.05) is 6.92 Å². The number of hydrogen-bond donors (Lipinski definition) is 1. The summed E-state index contributed by atoms with van der Waals surface area (Å²) in [6.07, 6.45) is 3.89. The Labute approximate surface area is 99.6 Å². The molecule has 1 aromatic heterocycles. The molecule has 1 aromatic rings. The van der Waals surface area contributed by atoms with Gasteiger partial charge in [0.25, 0.3) is 0 Å². The lowest BCUT2D eigenvalue weighted by Gasteiger charge is -2.13. The van der Waals surface area contributed by atoms with Gasteiger partial charge in [-0.05, 0) is 60.2 Å². The van der Waals surface area contributed by atoms with E-state index in [0.717, 1.165) is 21.9 Å². The Morgan fingerprint density at radius 3 is 2.80 bits per heavy atom. The van der Waals surface area contributed by atoms with Gasteiger partial charge in [0.15, 0.2) is 0 Å². The van der Waals surface area contributed by atoms with Crippen LogP contribution in [0.3, 0.4) is 0 Å².